The van der Waals surface area contributed by atoms with Crippen LogP contribution in [-0.2, 0) is 4.74 Å². The van der Waals surface area contributed by atoms with Crippen LogP contribution < -0.4 is 5.73 Å². The molecule has 1 aliphatic heterocycles. The minimum Gasteiger partial charge on any atom is -0.446 e. The Morgan fingerprint density at radius 2 is 2.23 bits per heavy atom. The van der Waals surface area contributed by atoms with E-state index in [-0.39, 0.29) is 6.10 Å². The molecule has 13 heavy (non-hydrogen) atoms. The third-order valence-corrected chi connectivity index (χ3v) is 2.13. The van der Waals surface area contributed by atoms with Gasteiger partial charge in [0.25, 0.3) is 0 Å². The molecule has 1 rings (SSSR count). The molecule has 0 bridgehead atoms. The lowest BCUT2D eigenvalue weighted by Crippen LogP contribution is -2.38. The van der Waals surface area contributed by atoms with Crippen LogP contribution in [0.25, 0.3) is 0 Å². The summed E-state index contributed by atoms with van der Waals surface area (Å²) in [6.07, 6.45) is 6.12. The monoisotopic (exact) mass is 182 g/mol. The van der Waals surface area contributed by atoms with Crippen LogP contribution in [-0.4, -0.2) is 36.7 Å². The van der Waals surface area contributed by atoms with Crippen LogP contribution in [0.4, 0.5) is 4.79 Å². The fourth-order valence-corrected chi connectivity index (χ4v) is 1.48. The predicted octanol–water partition coefficient (Wildman–Crippen LogP) is 0.179. The highest BCUT2D eigenvalue weighted by Gasteiger charge is 2.20. The molecule has 1 saturated heterocycles. The van der Waals surface area contributed by atoms with E-state index in [1.54, 1.807) is 0 Å². The van der Waals surface area contributed by atoms with E-state index in [0.29, 0.717) is 6.54 Å². The number of amides is 1. The lowest BCUT2D eigenvalue weighted by Gasteiger charge is -2.29. The molecule has 0 aliphatic carbocycles. The number of nitrogens with zero attached hydrogens (tertiary/aromatic N) is 1. The second-order valence-corrected chi connectivity index (χ2v) is 3.12. The van der Waals surface area contributed by atoms with Crippen molar-refractivity contribution in [2.24, 2.45) is 5.73 Å². The van der Waals surface area contributed by atoms with Gasteiger partial charge in [0, 0.05) is 13.1 Å². The summed E-state index contributed by atoms with van der Waals surface area (Å²) in [5.41, 5.74) is 4.91. The van der Waals surface area contributed by atoms with Crippen LogP contribution in [0.5, 0.6) is 0 Å². The average Bonchev–Trinajstić information content (AvgIpc) is 2.08. The summed E-state index contributed by atoms with van der Waals surface area (Å²) in [6.45, 7) is 2.42. The molecule has 0 aromatic carbocycles. The Bertz CT molecular complexity index is 214. The molecule has 0 radical (unpaired) electrons. The Morgan fingerprint density at radius 3 is 2.69 bits per heavy atom. The topological polar surface area (TPSA) is 55.6 Å². The number of primary amides is 1. The Hall–Kier alpha value is -1.21. The van der Waals surface area contributed by atoms with Gasteiger partial charge in [-0.3, -0.25) is 4.90 Å². The number of likely N-dealkylation sites (tertiary alicyclic amines) is 1. The molecule has 2 N–H and O–H groups in total. The van der Waals surface area contributed by atoms with E-state index < -0.39 is 6.09 Å². The van der Waals surface area contributed by atoms with Gasteiger partial charge >= 0.3 is 6.09 Å². The maximum Gasteiger partial charge on any atom is 0.404 e. The van der Waals surface area contributed by atoms with Crippen LogP contribution in [0.15, 0.2) is 0 Å². The van der Waals surface area contributed by atoms with Crippen LogP contribution >= 0.6 is 0 Å². The van der Waals surface area contributed by atoms with Gasteiger partial charge < -0.3 is 10.5 Å². The summed E-state index contributed by atoms with van der Waals surface area (Å²) in [6, 6.07) is 0. The smallest absolute Gasteiger partial charge is 0.404 e. The van der Waals surface area contributed by atoms with Crippen molar-refractivity contribution in [3.05, 3.63) is 0 Å². The van der Waals surface area contributed by atoms with Crippen molar-refractivity contribution >= 4 is 6.09 Å². The first-order valence-electron chi connectivity index (χ1n) is 4.34. The summed E-state index contributed by atoms with van der Waals surface area (Å²) in [5.74, 6) is 2.59. The van der Waals surface area contributed by atoms with Gasteiger partial charge in [0.15, 0.2) is 0 Å². The van der Waals surface area contributed by atoms with Crippen LogP contribution in [0.3, 0.4) is 0 Å². The Kier molecular flexibility index (Phi) is 3.59. The van der Waals surface area contributed by atoms with E-state index in [1.807, 2.05) is 0 Å². The standard InChI is InChI=1S/C9H14N2O2/c1-2-5-11-6-3-8(4-7-11)13-9(10)12/h1,8H,3-7H2,(H2,10,12). The first-order valence-corrected chi connectivity index (χ1v) is 4.34. The number of carbonyl (C=O) groups excluding carboxylic acids is 1. The fraction of sp³-hybridized carbons (Fsp3) is 0.667. The molecule has 1 amide bonds. The molecule has 4 nitrogen and oxygen atoms in total. The highest BCUT2D eigenvalue weighted by molar-refractivity contribution is 5.64. The van der Waals surface area contributed by atoms with Crippen LogP contribution in [0.1, 0.15) is 12.8 Å². The van der Waals surface area contributed by atoms with Gasteiger partial charge in [-0.05, 0) is 12.8 Å². The second-order valence-electron chi connectivity index (χ2n) is 3.12. The minimum absolute atomic E-state index is 0.0217. The van der Waals surface area contributed by atoms with Crippen molar-refractivity contribution in [3.63, 3.8) is 0 Å². The number of ether oxygens (including phenoxy) is 1. The Morgan fingerprint density at radius 1 is 1.62 bits per heavy atom. The SMILES string of the molecule is C#CCN1CCC(OC(N)=O)CC1. The number of rotatable bonds is 2. The summed E-state index contributed by atoms with van der Waals surface area (Å²) in [7, 11) is 0. The number of hydrogen-bond donors (Lipinski definition) is 1. The third kappa shape index (κ3) is 3.34. The normalized spacial score (nSPS) is 19.3. The van der Waals surface area contributed by atoms with Gasteiger partial charge in [-0.1, -0.05) is 5.92 Å². The largest absolute Gasteiger partial charge is 0.446 e. The molecule has 0 spiro atoms. The van der Waals surface area contributed by atoms with E-state index in [1.165, 1.54) is 0 Å². The molecule has 0 saturated carbocycles. The molecule has 4 heteroatoms. The quantitative estimate of drug-likeness (QED) is 0.620. The first kappa shape index (κ1) is 9.87. The van der Waals surface area contributed by atoms with Gasteiger partial charge in [-0.25, -0.2) is 4.79 Å². The molecular formula is C9H14N2O2. The van der Waals surface area contributed by atoms with Crippen molar-refractivity contribution in [1.29, 1.82) is 0 Å². The zero-order chi connectivity index (χ0) is 9.68. The number of nitrogens with two attached hydrogens (primary N) is 1. The molecule has 1 fully saturated rings. The van der Waals surface area contributed by atoms with Crippen molar-refractivity contribution in [2.75, 3.05) is 19.6 Å². The summed E-state index contributed by atoms with van der Waals surface area (Å²) < 4.78 is 4.88. The lowest BCUT2D eigenvalue weighted by molar-refractivity contribution is 0.0601. The van der Waals surface area contributed by atoms with Crippen molar-refractivity contribution in [3.8, 4) is 12.3 Å². The van der Waals surface area contributed by atoms with Gasteiger partial charge in [0.05, 0.1) is 6.54 Å². The zero-order valence-electron chi connectivity index (χ0n) is 7.53. The van der Waals surface area contributed by atoms with Gasteiger partial charge in [-0.2, -0.15) is 0 Å². The van der Waals surface area contributed by atoms with Crippen LogP contribution in [0.2, 0.25) is 0 Å². The van der Waals surface area contributed by atoms with Gasteiger partial charge in [-0.15, -0.1) is 6.42 Å². The molecule has 1 heterocycles. The molecule has 0 atom stereocenters. The van der Waals surface area contributed by atoms with E-state index >= 15 is 0 Å². The lowest BCUT2D eigenvalue weighted by atomic mass is 10.1. The number of terminal acetylenes is 1. The predicted molar refractivity (Wildman–Crippen MR) is 49.0 cm³/mol. The molecular weight excluding hydrogens is 168 g/mol. The fourth-order valence-electron chi connectivity index (χ4n) is 1.48. The minimum atomic E-state index is -0.685. The Balaban J connectivity index is 2.23. The van der Waals surface area contributed by atoms with Gasteiger partial charge in [0.2, 0.25) is 0 Å². The van der Waals surface area contributed by atoms with E-state index in [2.05, 4.69) is 10.8 Å². The third-order valence-electron chi connectivity index (χ3n) is 2.13. The second kappa shape index (κ2) is 4.73. The maximum atomic E-state index is 10.4. The van der Waals surface area contributed by atoms with Crippen LogP contribution in [0, 0.1) is 12.3 Å². The maximum absolute atomic E-state index is 10.4. The molecule has 1 aliphatic rings. The highest BCUT2D eigenvalue weighted by Crippen LogP contribution is 2.12. The Labute approximate surface area is 78.0 Å². The number of hydrogen-bond acceptors (Lipinski definition) is 3. The summed E-state index contributed by atoms with van der Waals surface area (Å²) in [4.78, 5) is 12.6. The summed E-state index contributed by atoms with van der Waals surface area (Å²) in [5, 5.41) is 0. The average molecular weight is 182 g/mol. The highest BCUT2D eigenvalue weighted by atomic mass is 16.6. The van der Waals surface area contributed by atoms with E-state index in [9.17, 15) is 4.79 Å². The molecule has 72 valence electrons. The van der Waals surface area contributed by atoms with Crippen molar-refractivity contribution in [1.82, 2.24) is 4.90 Å². The molecule has 0 aromatic heterocycles. The summed E-state index contributed by atoms with van der Waals surface area (Å²) >= 11 is 0. The van der Waals surface area contributed by atoms with Crippen molar-refractivity contribution < 1.29 is 9.53 Å². The van der Waals surface area contributed by atoms with E-state index in [0.717, 1.165) is 25.9 Å². The molecule has 0 unspecified atom stereocenters. The number of carbonyl (C=O) groups is 1. The van der Waals surface area contributed by atoms with Crippen molar-refractivity contribution in [2.45, 2.75) is 18.9 Å². The number of piperidine rings is 1. The first-order chi connectivity index (χ1) is 6.22. The molecule has 0 aromatic rings. The zero-order valence-corrected chi connectivity index (χ0v) is 7.53. The van der Waals surface area contributed by atoms with Gasteiger partial charge in [0.1, 0.15) is 6.10 Å². The van der Waals surface area contributed by atoms with E-state index in [4.69, 9.17) is 16.9 Å².